The van der Waals surface area contributed by atoms with Crippen molar-refractivity contribution < 1.29 is 26.8 Å². The lowest BCUT2D eigenvalue weighted by atomic mass is 9.84. The number of fused-ring (bicyclic) bond motifs is 2. The molecule has 3 aromatic rings. The van der Waals surface area contributed by atoms with Crippen LogP contribution in [-0.2, 0) is 25.7 Å². The van der Waals surface area contributed by atoms with Crippen molar-refractivity contribution in [3.8, 4) is 11.4 Å². The number of aromatic nitrogens is 4. The Labute approximate surface area is 215 Å². The summed E-state index contributed by atoms with van der Waals surface area (Å²) in [5.41, 5.74) is 1.45. The van der Waals surface area contributed by atoms with Crippen molar-refractivity contribution in [3.05, 3.63) is 47.9 Å². The molecule has 4 heterocycles. The molecule has 3 atom stereocenters. The van der Waals surface area contributed by atoms with Gasteiger partial charge in [-0.1, -0.05) is 18.5 Å². The van der Waals surface area contributed by atoms with Gasteiger partial charge < -0.3 is 18.9 Å². The largest absolute Gasteiger partial charge is 0.381 e. The number of rotatable bonds is 8. The van der Waals surface area contributed by atoms with Crippen LogP contribution in [0.5, 0.6) is 0 Å². The number of halogens is 1. The molecule has 37 heavy (non-hydrogen) atoms. The van der Waals surface area contributed by atoms with E-state index in [0.717, 1.165) is 36.7 Å². The maximum atomic E-state index is 14.3. The summed E-state index contributed by atoms with van der Waals surface area (Å²) in [7, 11) is -3.67. The molecule has 0 N–H and O–H groups in total. The summed E-state index contributed by atoms with van der Waals surface area (Å²) in [6, 6.07) is 3.74. The van der Waals surface area contributed by atoms with Crippen LogP contribution >= 0.6 is 0 Å². The van der Waals surface area contributed by atoms with E-state index in [9.17, 15) is 12.8 Å². The molecular weight excluding hydrogens is 501 g/mol. The lowest BCUT2D eigenvalue weighted by Crippen LogP contribution is -2.57. The van der Waals surface area contributed by atoms with Crippen molar-refractivity contribution in [1.82, 2.24) is 20.1 Å². The number of nitrogens with zero attached hydrogens (tertiary/aromatic N) is 5. The molecule has 2 aliphatic heterocycles. The van der Waals surface area contributed by atoms with Crippen LogP contribution in [0, 0.1) is 17.7 Å². The molecule has 0 aliphatic carbocycles. The molecule has 2 saturated heterocycles. The Hall–Kier alpha value is -2.96. The molecule has 198 valence electrons. The molecule has 1 aromatic carbocycles. The van der Waals surface area contributed by atoms with Gasteiger partial charge in [0, 0.05) is 49.1 Å². The van der Waals surface area contributed by atoms with E-state index in [-0.39, 0.29) is 34.6 Å². The maximum Gasteiger partial charge on any atom is 0.255 e. The second-order valence-electron chi connectivity index (χ2n) is 9.72. The van der Waals surface area contributed by atoms with Gasteiger partial charge in [0.1, 0.15) is 16.8 Å². The Kier molecular flexibility index (Phi) is 7.24. The third kappa shape index (κ3) is 5.51. The van der Waals surface area contributed by atoms with Gasteiger partial charge in [0.05, 0.1) is 19.3 Å². The van der Waals surface area contributed by atoms with Gasteiger partial charge in [-0.05, 0) is 37.1 Å². The number of hydrogen-bond donors (Lipinski definition) is 0. The number of aryl methyl sites for hydroxylation is 1. The van der Waals surface area contributed by atoms with Gasteiger partial charge in [-0.3, -0.25) is 0 Å². The monoisotopic (exact) mass is 531 g/mol. The number of sulfone groups is 1. The smallest absolute Gasteiger partial charge is 0.255 e. The van der Waals surface area contributed by atoms with Crippen LogP contribution in [0.15, 0.2) is 40.0 Å². The van der Waals surface area contributed by atoms with Crippen LogP contribution in [0.4, 0.5) is 10.3 Å². The Balaban J connectivity index is 1.26. The summed E-state index contributed by atoms with van der Waals surface area (Å²) in [6.07, 6.45) is 6.21. The molecule has 5 rings (SSSR count). The van der Waals surface area contributed by atoms with Crippen LogP contribution in [0.3, 0.4) is 0 Å². The molecule has 0 radical (unpaired) electrons. The minimum Gasteiger partial charge on any atom is -0.381 e. The second-order valence-corrected chi connectivity index (χ2v) is 11.7. The van der Waals surface area contributed by atoms with Crippen molar-refractivity contribution in [3.63, 3.8) is 0 Å². The number of piperidine rings is 1. The molecule has 10 nitrogen and oxygen atoms in total. The molecule has 0 amide bonds. The van der Waals surface area contributed by atoms with Gasteiger partial charge in [-0.15, -0.1) is 0 Å². The van der Waals surface area contributed by atoms with Crippen molar-refractivity contribution in [2.45, 2.75) is 43.8 Å². The van der Waals surface area contributed by atoms with Gasteiger partial charge in [-0.25, -0.2) is 22.8 Å². The van der Waals surface area contributed by atoms with Crippen LogP contribution in [0.1, 0.15) is 37.8 Å². The third-order valence-corrected chi connectivity index (χ3v) is 7.89. The topological polar surface area (TPSA) is 121 Å². The fourth-order valence-corrected chi connectivity index (χ4v) is 5.69. The zero-order valence-corrected chi connectivity index (χ0v) is 21.8. The van der Waals surface area contributed by atoms with E-state index in [1.165, 1.54) is 12.1 Å². The molecule has 3 unspecified atom stereocenters. The first-order valence-electron chi connectivity index (χ1n) is 12.4. The Morgan fingerprint density at radius 3 is 2.51 bits per heavy atom. The van der Waals surface area contributed by atoms with Crippen LogP contribution in [0.25, 0.3) is 11.4 Å². The Morgan fingerprint density at radius 1 is 1.19 bits per heavy atom. The highest BCUT2D eigenvalue weighted by atomic mass is 32.2. The minimum absolute atomic E-state index is 0.0683. The number of ether oxygens (including phenoxy) is 2. The Morgan fingerprint density at radius 2 is 1.89 bits per heavy atom. The molecule has 2 aliphatic rings. The quantitative estimate of drug-likeness (QED) is 0.428. The summed E-state index contributed by atoms with van der Waals surface area (Å²) in [5.74, 6) is 0.520. The number of hydrogen-bond acceptors (Lipinski definition) is 10. The lowest BCUT2D eigenvalue weighted by molar-refractivity contribution is -0.146. The first-order chi connectivity index (χ1) is 17.7. The lowest BCUT2D eigenvalue weighted by Gasteiger charge is -2.47. The van der Waals surface area contributed by atoms with Gasteiger partial charge in [-0.2, -0.15) is 4.98 Å². The van der Waals surface area contributed by atoms with Crippen LogP contribution < -0.4 is 4.90 Å². The molecule has 2 bridgehead atoms. The van der Waals surface area contributed by atoms with E-state index < -0.39 is 21.8 Å². The maximum absolute atomic E-state index is 14.3. The third-order valence-electron chi connectivity index (χ3n) is 6.76. The number of benzene rings is 1. The summed E-state index contributed by atoms with van der Waals surface area (Å²) in [6.45, 7) is 6.53. The zero-order chi connectivity index (χ0) is 26.2. The van der Waals surface area contributed by atoms with E-state index in [1.54, 1.807) is 0 Å². The van der Waals surface area contributed by atoms with Crippen molar-refractivity contribution in [1.29, 1.82) is 0 Å². The fourth-order valence-electron chi connectivity index (χ4n) is 4.97. The summed E-state index contributed by atoms with van der Waals surface area (Å²) < 4.78 is 55.3. The SMILES string of the molecule is CCCc1cnc(N2CC3COCC(C2)C3OC(C)c2nc(-c3ccc(S(C)(=O)=O)c(F)c3)no2)nc1. The number of anilines is 1. The Bertz CT molecular complexity index is 1340. The van der Waals surface area contributed by atoms with E-state index in [1.807, 2.05) is 19.3 Å². The predicted octanol–water partition coefficient (Wildman–Crippen LogP) is 3.25. The summed E-state index contributed by atoms with van der Waals surface area (Å²) in [5, 5.41) is 3.95. The second kappa shape index (κ2) is 10.4. The van der Waals surface area contributed by atoms with Crippen LogP contribution in [0.2, 0.25) is 0 Å². The highest BCUT2D eigenvalue weighted by Gasteiger charge is 2.43. The molecular formula is C25H30FN5O5S. The zero-order valence-electron chi connectivity index (χ0n) is 21.0. The van der Waals surface area contributed by atoms with E-state index >= 15 is 0 Å². The van der Waals surface area contributed by atoms with Crippen molar-refractivity contribution in [2.24, 2.45) is 11.8 Å². The molecule has 12 heteroatoms. The van der Waals surface area contributed by atoms with Gasteiger partial charge in [0.2, 0.25) is 11.8 Å². The average molecular weight is 532 g/mol. The first-order valence-corrected chi connectivity index (χ1v) is 14.2. The minimum atomic E-state index is -3.67. The average Bonchev–Trinajstić information content (AvgIpc) is 3.34. The van der Waals surface area contributed by atoms with Crippen molar-refractivity contribution >= 4 is 15.8 Å². The van der Waals surface area contributed by atoms with E-state index in [2.05, 4.69) is 31.9 Å². The van der Waals surface area contributed by atoms with E-state index in [4.69, 9.17) is 14.0 Å². The highest BCUT2D eigenvalue weighted by Crippen LogP contribution is 2.35. The highest BCUT2D eigenvalue weighted by molar-refractivity contribution is 7.90. The normalized spacial score (nSPS) is 22.7. The molecule has 0 saturated carbocycles. The van der Waals surface area contributed by atoms with Crippen molar-refractivity contribution in [2.75, 3.05) is 37.5 Å². The summed E-state index contributed by atoms with van der Waals surface area (Å²) >= 11 is 0. The van der Waals surface area contributed by atoms with Gasteiger partial charge in [0.15, 0.2) is 9.84 Å². The molecule has 2 fully saturated rings. The molecule has 2 aromatic heterocycles. The van der Waals surface area contributed by atoms with Gasteiger partial charge in [0.25, 0.3) is 5.89 Å². The first kappa shape index (κ1) is 25.7. The fraction of sp³-hybridized carbons (Fsp3) is 0.520. The standard InChI is InChI=1S/C25H30FN5O5S/c1-4-5-16-9-27-25(28-10-16)31-11-18-13-34-14-19(12-31)22(18)35-15(2)24-29-23(30-36-24)17-6-7-21(20(26)8-17)37(3,32)33/h6-10,15,18-19,22H,4-5,11-14H2,1-3H3. The summed E-state index contributed by atoms with van der Waals surface area (Å²) in [4.78, 5) is 15.4. The molecule has 0 spiro atoms. The predicted molar refractivity (Wildman–Crippen MR) is 132 cm³/mol. The van der Waals surface area contributed by atoms with E-state index in [0.29, 0.717) is 31.9 Å². The van der Waals surface area contributed by atoms with Gasteiger partial charge >= 0.3 is 0 Å². The van der Waals surface area contributed by atoms with Crippen LogP contribution in [-0.4, -0.2) is 67.2 Å².